The number of oxime groups is 1. The van der Waals surface area contributed by atoms with Crippen molar-refractivity contribution in [1.29, 1.82) is 0 Å². The molecule has 2 rings (SSSR count). The SMILES string of the molecule is Cl.Cl.NC(N)=NOCCNC(=O)Cn1c(Cl)cnc(NCC(F)(F)c2ccccc2)c1=O. The Morgan fingerprint density at radius 1 is 1.25 bits per heavy atom. The van der Waals surface area contributed by atoms with E-state index in [2.05, 4.69) is 20.8 Å². The van der Waals surface area contributed by atoms with E-state index in [9.17, 15) is 18.4 Å². The number of guanidine groups is 1. The smallest absolute Gasteiger partial charge is 0.294 e. The molecule has 1 aromatic heterocycles. The average Bonchev–Trinajstić information content (AvgIpc) is 2.70. The molecule has 0 radical (unpaired) electrons. The van der Waals surface area contributed by atoms with Crippen molar-refractivity contribution in [3.8, 4) is 0 Å². The summed E-state index contributed by atoms with van der Waals surface area (Å²) in [7, 11) is 0. The van der Waals surface area contributed by atoms with Gasteiger partial charge in [0.2, 0.25) is 11.9 Å². The Balaban J connectivity index is 0.00000480. The second kappa shape index (κ2) is 13.6. The number of aromatic nitrogens is 2. The van der Waals surface area contributed by atoms with Gasteiger partial charge < -0.3 is 26.9 Å². The van der Waals surface area contributed by atoms with Gasteiger partial charge in [-0.15, -0.1) is 24.8 Å². The molecule has 1 heterocycles. The van der Waals surface area contributed by atoms with E-state index >= 15 is 0 Å². The Labute approximate surface area is 199 Å². The molecule has 0 saturated heterocycles. The van der Waals surface area contributed by atoms with Crippen molar-refractivity contribution in [2.75, 3.05) is 25.0 Å². The summed E-state index contributed by atoms with van der Waals surface area (Å²) in [6, 6.07) is 7.13. The van der Waals surface area contributed by atoms with Crippen LogP contribution in [0.3, 0.4) is 0 Å². The Hall–Kier alpha value is -2.83. The molecule has 1 aromatic carbocycles. The summed E-state index contributed by atoms with van der Waals surface area (Å²) >= 11 is 5.92. The molecule has 178 valence electrons. The number of alkyl halides is 2. The van der Waals surface area contributed by atoms with Gasteiger partial charge in [-0.05, 0) is 5.16 Å². The first-order chi connectivity index (χ1) is 14.2. The normalized spacial score (nSPS) is 10.2. The molecule has 0 atom stereocenters. The lowest BCUT2D eigenvalue weighted by atomic mass is 10.1. The van der Waals surface area contributed by atoms with Gasteiger partial charge in [0.15, 0.2) is 5.82 Å². The maximum atomic E-state index is 14.3. The Morgan fingerprint density at radius 2 is 1.91 bits per heavy atom. The van der Waals surface area contributed by atoms with Crippen LogP contribution in [0.5, 0.6) is 0 Å². The molecule has 6 N–H and O–H groups in total. The predicted octanol–water partition coefficient (Wildman–Crippen LogP) is 1.27. The number of nitrogens with one attached hydrogen (secondary N) is 2. The molecule has 0 saturated carbocycles. The second-order valence-corrected chi connectivity index (χ2v) is 6.33. The van der Waals surface area contributed by atoms with Crippen LogP contribution in [0.25, 0.3) is 0 Å². The molecule has 0 spiro atoms. The van der Waals surface area contributed by atoms with Gasteiger partial charge in [-0.25, -0.2) is 4.98 Å². The van der Waals surface area contributed by atoms with Crippen molar-refractivity contribution >= 4 is 54.1 Å². The lowest BCUT2D eigenvalue weighted by Gasteiger charge is -2.18. The van der Waals surface area contributed by atoms with Gasteiger partial charge in [0.25, 0.3) is 11.5 Å². The topological polar surface area (TPSA) is 150 Å². The number of hydrogen-bond acceptors (Lipinski definition) is 6. The molecule has 2 aromatic rings. The van der Waals surface area contributed by atoms with Gasteiger partial charge >= 0.3 is 0 Å². The number of carbonyl (C=O) groups is 1. The van der Waals surface area contributed by atoms with Crippen molar-refractivity contribution in [3.63, 3.8) is 0 Å². The van der Waals surface area contributed by atoms with Crippen LogP contribution in [0.4, 0.5) is 14.6 Å². The van der Waals surface area contributed by atoms with E-state index in [0.717, 1.165) is 10.8 Å². The van der Waals surface area contributed by atoms with Gasteiger partial charge in [0, 0.05) is 5.56 Å². The minimum atomic E-state index is -3.24. The van der Waals surface area contributed by atoms with E-state index in [0.29, 0.717) is 0 Å². The first-order valence-corrected chi connectivity index (χ1v) is 8.98. The number of amides is 1. The van der Waals surface area contributed by atoms with Crippen molar-refractivity contribution in [1.82, 2.24) is 14.9 Å². The van der Waals surface area contributed by atoms with Crippen LogP contribution in [0.1, 0.15) is 5.56 Å². The van der Waals surface area contributed by atoms with Crippen LogP contribution < -0.4 is 27.7 Å². The molecule has 0 fully saturated rings. The molecular weight excluding hydrogens is 495 g/mol. The monoisotopic (exact) mass is 515 g/mol. The molecule has 0 unspecified atom stereocenters. The average molecular weight is 517 g/mol. The second-order valence-electron chi connectivity index (χ2n) is 5.94. The van der Waals surface area contributed by atoms with E-state index in [4.69, 9.17) is 27.9 Å². The molecule has 0 bridgehead atoms. The third-order valence-corrected chi connectivity index (χ3v) is 3.97. The van der Waals surface area contributed by atoms with Crippen molar-refractivity contribution in [2.24, 2.45) is 16.6 Å². The van der Waals surface area contributed by atoms with E-state index in [-0.39, 0.29) is 60.5 Å². The van der Waals surface area contributed by atoms with E-state index < -0.39 is 30.5 Å². The van der Waals surface area contributed by atoms with Crippen LogP contribution >= 0.6 is 36.4 Å². The number of rotatable bonds is 10. The summed E-state index contributed by atoms with van der Waals surface area (Å²) < 4.78 is 29.5. The summed E-state index contributed by atoms with van der Waals surface area (Å²) in [5.41, 5.74) is 9.11. The standard InChI is InChI=1S/C17H20ClF2N7O3.2ClH/c18-12-8-24-14(25-10-17(19,20)11-4-2-1-3-5-11)15(29)27(12)9-13(28)23-6-7-30-26-16(21)22;;/h1-5,8H,6-7,9-10H2,(H,23,28)(H,24,25)(H4,21,22,26);2*1H. The molecular formula is C17H22Cl3F2N7O3. The highest BCUT2D eigenvalue weighted by Crippen LogP contribution is 2.27. The molecule has 1 amide bonds. The minimum absolute atomic E-state index is 0. The first kappa shape index (κ1) is 29.2. The molecule has 0 aliphatic heterocycles. The number of benzene rings is 1. The quantitative estimate of drug-likeness (QED) is 0.161. The predicted molar refractivity (Wildman–Crippen MR) is 122 cm³/mol. The maximum absolute atomic E-state index is 14.3. The fourth-order valence-corrected chi connectivity index (χ4v) is 2.46. The number of anilines is 1. The zero-order valence-corrected chi connectivity index (χ0v) is 18.9. The van der Waals surface area contributed by atoms with Gasteiger partial charge in [-0.2, -0.15) is 8.78 Å². The Bertz CT molecular complexity index is 958. The number of carbonyl (C=O) groups excluding carboxylic acids is 1. The minimum Gasteiger partial charge on any atom is -0.391 e. The van der Waals surface area contributed by atoms with Gasteiger partial charge in [0.1, 0.15) is 18.3 Å². The van der Waals surface area contributed by atoms with E-state index in [1.807, 2.05) is 0 Å². The fraction of sp³-hybridized carbons (Fsp3) is 0.294. The van der Waals surface area contributed by atoms with Crippen LogP contribution in [0, 0.1) is 0 Å². The molecule has 0 aliphatic carbocycles. The Morgan fingerprint density at radius 3 is 2.53 bits per heavy atom. The van der Waals surface area contributed by atoms with Gasteiger partial charge in [0.05, 0.1) is 19.3 Å². The van der Waals surface area contributed by atoms with Crippen LogP contribution in [-0.2, 0) is 22.1 Å². The van der Waals surface area contributed by atoms with Crippen LogP contribution in [0.2, 0.25) is 5.15 Å². The third-order valence-electron chi connectivity index (χ3n) is 3.67. The Kier molecular flexibility index (Phi) is 12.4. The molecule has 15 heteroatoms. The van der Waals surface area contributed by atoms with Gasteiger partial charge in [-0.3, -0.25) is 14.2 Å². The van der Waals surface area contributed by atoms with Crippen molar-refractivity contribution < 1.29 is 18.4 Å². The summed E-state index contributed by atoms with van der Waals surface area (Å²) in [6.45, 7) is -1.27. The first-order valence-electron chi connectivity index (χ1n) is 8.61. The third kappa shape index (κ3) is 8.73. The highest BCUT2D eigenvalue weighted by molar-refractivity contribution is 6.29. The maximum Gasteiger partial charge on any atom is 0.294 e. The summed E-state index contributed by atoms with van der Waals surface area (Å²) in [5, 5.41) is 7.92. The van der Waals surface area contributed by atoms with Crippen molar-refractivity contribution in [3.05, 3.63) is 57.6 Å². The molecule has 10 nitrogen and oxygen atoms in total. The summed E-state index contributed by atoms with van der Waals surface area (Å²) in [6.07, 6.45) is 1.08. The number of halogens is 5. The zero-order chi connectivity index (χ0) is 22.1. The highest BCUT2D eigenvalue weighted by atomic mass is 35.5. The number of nitrogens with zero attached hydrogens (tertiary/aromatic N) is 3. The summed E-state index contributed by atoms with van der Waals surface area (Å²) in [5.74, 6) is -4.45. The van der Waals surface area contributed by atoms with Gasteiger partial charge in [-0.1, -0.05) is 41.9 Å². The lowest BCUT2D eigenvalue weighted by molar-refractivity contribution is -0.121. The summed E-state index contributed by atoms with van der Waals surface area (Å²) in [4.78, 5) is 32.9. The zero-order valence-electron chi connectivity index (χ0n) is 16.5. The van der Waals surface area contributed by atoms with E-state index in [1.165, 1.54) is 24.3 Å². The van der Waals surface area contributed by atoms with Crippen molar-refractivity contribution in [2.45, 2.75) is 12.5 Å². The number of nitrogens with two attached hydrogens (primary N) is 2. The van der Waals surface area contributed by atoms with Crippen LogP contribution in [-0.4, -0.2) is 41.1 Å². The largest absolute Gasteiger partial charge is 0.391 e. The highest BCUT2D eigenvalue weighted by Gasteiger charge is 2.31. The number of hydrogen-bond donors (Lipinski definition) is 4. The lowest BCUT2D eigenvalue weighted by Crippen LogP contribution is -2.36. The molecule has 0 aliphatic rings. The van der Waals surface area contributed by atoms with Crippen LogP contribution in [0.15, 0.2) is 46.5 Å². The fourth-order valence-electron chi connectivity index (χ4n) is 2.27. The van der Waals surface area contributed by atoms with E-state index in [1.54, 1.807) is 6.07 Å². The molecule has 32 heavy (non-hydrogen) atoms.